The molecule has 0 aliphatic heterocycles. The molecule has 0 saturated heterocycles. The molecule has 1 N–H and O–H groups in total. The number of aliphatic hydroxyl groups excluding tert-OH is 1. The molecule has 0 rings (SSSR count). The van der Waals surface area contributed by atoms with E-state index in [1.807, 2.05) is 21.0 Å². The Balaban J connectivity index is 0. The second-order valence-electron chi connectivity index (χ2n) is 3.25. The van der Waals surface area contributed by atoms with Crippen LogP contribution >= 0.6 is 0 Å². The van der Waals surface area contributed by atoms with Gasteiger partial charge in [-0.1, -0.05) is 13.5 Å². The molecule has 0 bridgehead atoms. The Morgan fingerprint density at radius 3 is 2.40 bits per heavy atom. The second kappa shape index (κ2) is 13.1. The Hall–Kier alpha value is -0.870. The predicted octanol–water partition coefficient (Wildman–Crippen LogP) is 1.06. The quantitative estimate of drug-likeness (QED) is 0.534. The molecule has 0 aliphatic rings. The highest BCUT2D eigenvalue weighted by atomic mass is 16.5. The molecule has 15 heavy (non-hydrogen) atoms. The molecule has 0 amide bonds. The lowest BCUT2D eigenvalue weighted by atomic mass is 10.4. The summed E-state index contributed by atoms with van der Waals surface area (Å²) >= 11 is 0. The largest absolute Gasteiger partial charge is 0.463 e. The van der Waals surface area contributed by atoms with Crippen LogP contribution < -0.4 is 0 Å². The van der Waals surface area contributed by atoms with Crippen molar-refractivity contribution in [1.82, 2.24) is 4.90 Å². The van der Waals surface area contributed by atoms with Crippen molar-refractivity contribution in [2.75, 3.05) is 33.9 Å². The summed E-state index contributed by atoms with van der Waals surface area (Å²) in [5, 5.41) is 8.29. The summed E-state index contributed by atoms with van der Waals surface area (Å²) in [4.78, 5) is 12.3. The van der Waals surface area contributed by atoms with Gasteiger partial charge in [0.1, 0.15) is 0 Å². The molecule has 0 spiro atoms. The number of ether oxygens (including phenoxy) is 1. The van der Waals surface area contributed by atoms with E-state index >= 15 is 0 Å². The Kier molecular flexibility index (Phi) is 14.5. The van der Waals surface area contributed by atoms with Crippen LogP contribution in [0.1, 0.15) is 19.8 Å². The molecule has 0 fully saturated rings. The number of esters is 1. The number of hydrogen-bond donors (Lipinski definition) is 1. The van der Waals surface area contributed by atoms with Gasteiger partial charge in [-0.05, 0) is 33.5 Å². The third kappa shape index (κ3) is 19.5. The van der Waals surface area contributed by atoms with Gasteiger partial charge in [0, 0.05) is 12.7 Å². The zero-order valence-corrected chi connectivity index (χ0v) is 10.0. The van der Waals surface area contributed by atoms with Gasteiger partial charge < -0.3 is 14.7 Å². The highest BCUT2D eigenvalue weighted by Gasteiger charge is 1.89. The van der Waals surface area contributed by atoms with E-state index in [1.165, 1.54) is 0 Å². The summed E-state index contributed by atoms with van der Waals surface area (Å²) in [5.41, 5.74) is 0. The molecule has 0 radical (unpaired) electrons. The van der Waals surface area contributed by atoms with E-state index in [0.717, 1.165) is 25.5 Å². The van der Waals surface area contributed by atoms with Crippen molar-refractivity contribution in [3.8, 4) is 0 Å². The van der Waals surface area contributed by atoms with E-state index in [-0.39, 0.29) is 5.97 Å². The number of hydrogen-bond acceptors (Lipinski definition) is 4. The van der Waals surface area contributed by atoms with Crippen molar-refractivity contribution >= 4 is 5.97 Å². The predicted molar refractivity (Wildman–Crippen MR) is 61.7 cm³/mol. The first kappa shape index (κ1) is 16.6. The van der Waals surface area contributed by atoms with Crippen molar-refractivity contribution in [2.45, 2.75) is 19.8 Å². The van der Waals surface area contributed by atoms with Gasteiger partial charge >= 0.3 is 5.97 Å². The van der Waals surface area contributed by atoms with Gasteiger partial charge in [-0.3, -0.25) is 0 Å². The fourth-order valence-corrected chi connectivity index (χ4v) is 0.649. The number of aliphatic hydroxyl groups is 1. The van der Waals surface area contributed by atoms with Gasteiger partial charge in [0.05, 0.1) is 6.61 Å². The van der Waals surface area contributed by atoms with Gasteiger partial charge in [0.15, 0.2) is 0 Å². The molecule has 0 atom stereocenters. The summed E-state index contributed by atoms with van der Waals surface area (Å²) in [5.74, 6) is -0.341. The van der Waals surface area contributed by atoms with E-state index in [4.69, 9.17) is 5.11 Å². The maximum absolute atomic E-state index is 10.2. The zero-order valence-electron chi connectivity index (χ0n) is 10.0. The van der Waals surface area contributed by atoms with Crippen molar-refractivity contribution in [1.29, 1.82) is 0 Å². The SMILES string of the molecule is C=CC(=O)OCCC.CN(C)CCCO. The van der Waals surface area contributed by atoms with Gasteiger partial charge in [-0.15, -0.1) is 0 Å². The van der Waals surface area contributed by atoms with Crippen LogP contribution in [0.25, 0.3) is 0 Å². The Morgan fingerprint density at radius 2 is 2.13 bits per heavy atom. The van der Waals surface area contributed by atoms with Gasteiger partial charge in [0.2, 0.25) is 0 Å². The Morgan fingerprint density at radius 1 is 1.53 bits per heavy atom. The molecule has 0 heterocycles. The molecule has 90 valence electrons. The van der Waals surface area contributed by atoms with E-state index in [1.54, 1.807) is 0 Å². The monoisotopic (exact) mass is 217 g/mol. The Bertz CT molecular complexity index is 158. The molecule has 4 nitrogen and oxygen atoms in total. The lowest BCUT2D eigenvalue weighted by Crippen LogP contribution is -2.13. The minimum Gasteiger partial charge on any atom is -0.463 e. The first-order valence-corrected chi connectivity index (χ1v) is 5.13. The van der Waals surface area contributed by atoms with Crippen molar-refractivity contribution in [2.24, 2.45) is 0 Å². The normalized spacial score (nSPS) is 9.13. The summed E-state index contributed by atoms with van der Waals surface area (Å²) in [6.07, 6.45) is 2.90. The zero-order chi connectivity index (χ0) is 12.1. The third-order valence-corrected chi connectivity index (χ3v) is 1.38. The van der Waals surface area contributed by atoms with Crippen molar-refractivity contribution in [3.63, 3.8) is 0 Å². The van der Waals surface area contributed by atoms with E-state index in [0.29, 0.717) is 13.2 Å². The fraction of sp³-hybridized carbons (Fsp3) is 0.727. The molecule has 0 aliphatic carbocycles. The molecule has 0 aromatic heterocycles. The molecule has 4 heteroatoms. The fourth-order valence-electron chi connectivity index (χ4n) is 0.649. The van der Waals surface area contributed by atoms with Crippen LogP contribution in [0.15, 0.2) is 12.7 Å². The van der Waals surface area contributed by atoms with E-state index < -0.39 is 0 Å². The highest BCUT2D eigenvalue weighted by molar-refractivity contribution is 5.81. The molecule has 0 saturated carbocycles. The van der Waals surface area contributed by atoms with Crippen molar-refractivity contribution in [3.05, 3.63) is 12.7 Å². The molecular formula is C11H23NO3. The minimum absolute atomic E-state index is 0.304. The number of carbonyl (C=O) groups excluding carboxylic acids is 1. The second-order valence-corrected chi connectivity index (χ2v) is 3.25. The highest BCUT2D eigenvalue weighted by Crippen LogP contribution is 1.81. The summed E-state index contributed by atoms with van der Waals surface area (Å²) in [6, 6.07) is 0. The molecular weight excluding hydrogens is 194 g/mol. The van der Waals surface area contributed by atoms with Crippen LogP contribution in [0.2, 0.25) is 0 Å². The van der Waals surface area contributed by atoms with Crippen LogP contribution in [-0.2, 0) is 9.53 Å². The van der Waals surface area contributed by atoms with Crippen LogP contribution in [-0.4, -0.2) is 49.8 Å². The molecule has 0 unspecified atom stereocenters. The first-order chi connectivity index (χ1) is 7.08. The van der Waals surface area contributed by atoms with Crippen LogP contribution in [0, 0.1) is 0 Å². The van der Waals surface area contributed by atoms with E-state index in [2.05, 4.69) is 16.2 Å². The molecule has 0 aromatic carbocycles. The Labute approximate surface area is 92.5 Å². The lowest BCUT2D eigenvalue weighted by molar-refractivity contribution is -0.137. The summed E-state index contributed by atoms with van der Waals surface area (Å²) in [7, 11) is 3.99. The summed E-state index contributed by atoms with van der Waals surface area (Å²) < 4.78 is 4.58. The standard InChI is InChI=1S/C6H10O2.C5H13NO/c1-3-5-8-6(7)4-2;1-6(2)4-3-5-7/h4H,2-3,5H2,1H3;7H,3-5H2,1-2H3. The van der Waals surface area contributed by atoms with Crippen LogP contribution in [0.3, 0.4) is 0 Å². The molecule has 0 aromatic rings. The summed E-state index contributed by atoms with van der Waals surface area (Å²) in [6.45, 7) is 6.96. The van der Waals surface area contributed by atoms with Crippen LogP contribution in [0.4, 0.5) is 0 Å². The number of carbonyl (C=O) groups is 1. The van der Waals surface area contributed by atoms with Gasteiger partial charge in [0.25, 0.3) is 0 Å². The van der Waals surface area contributed by atoms with E-state index in [9.17, 15) is 4.79 Å². The smallest absolute Gasteiger partial charge is 0.330 e. The average molecular weight is 217 g/mol. The average Bonchev–Trinajstić information content (AvgIpc) is 2.23. The lowest BCUT2D eigenvalue weighted by Gasteiger charge is -2.05. The van der Waals surface area contributed by atoms with Crippen molar-refractivity contribution < 1.29 is 14.6 Å². The maximum atomic E-state index is 10.2. The van der Waals surface area contributed by atoms with Crippen LogP contribution in [0.5, 0.6) is 0 Å². The number of nitrogens with zero attached hydrogens (tertiary/aromatic N) is 1. The van der Waals surface area contributed by atoms with Gasteiger partial charge in [-0.25, -0.2) is 4.79 Å². The first-order valence-electron chi connectivity index (χ1n) is 5.13. The maximum Gasteiger partial charge on any atom is 0.330 e. The third-order valence-electron chi connectivity index (χ3n) is 1.38. The topological polar surface area (TPSA) is 49.8 Å². The number of rotatable bonds is 6. The van der Waals surface area contributed by atoms with Gasteiger partial charge in [-0.2, -0.15) is 0 Å². The minimum atomic E-state index is -0.341.